The van der Waals surface area contributed by atoms with Gasteiger partial charge in [-0.3, -0.25) is 4.79 Å². The van der Waals surface area contributed by atoms with Crippen LogP contribution >= 0.6 is 0 Å². The number of ketones is 1. The van der Waals surface area contributed by atoms with E-state index in [2.05, 4.69) is 5.32 Å². The van der Waals surface area contributed by atoms with Gasteiger partial charge in [0.05, 0.1) is 13.0 Å². The largest absolute Gasteiger partial charge is 0.314 e. The Morgan fingerprint density at radius 1 is 1.22 bits per heavy atom. The van der Waals surface area contributed by atoms with E-state index in [9.17, 15) is 22.4 Å². The van der Waals surface area contributed by atoms with Gasteiger partial charge in [-0.15, -0.1) is 0 Å². The van der Waals surface area contributed by atoms with Crippen LogP contribution in [0.15, 0.2) is 30.3 Å². The summed E-state index contributed by atoms with van der Waals surface area (Å²) in [7, 11) is 0. The molecule has 100 valence electrons. The monoisotopic (exact) mass is 263 g/mol. The molecule has 0 spiro atoms. The van der Waals surface area contributed by atoms with Gasteiger partial charge in [-0.2, -0.15) is 8.78 Å². The first-order chi connectivity index (χ1) is 8.42. The zero-order valence-electron chi connectivity index (χ0n) is 9.51. The highest BCUT2D eigenvalue weighted by Gasteiger charge is 2.42. The number of Topliss-reactive ketones (excluding diaryl/α,β-unsaturated/α-hetero) is 1. The molecule has 1 rings (SSSR count). The lowest BCUT2D eigenvalue weighted by Gasteiger charge is -2.14. The Morgan fingerprint density at radius 3 is 2.39 bits per heavy atom. The van der Waals surface area contributed by atoms with E-state index in [1.165, 1.54) is 0 Å². The third kappa shape index (κ3) is 4.83. The minimum atomic E-state index is -4.24. The van der Waals surface area contributed by atoms with Crippen LogP contribution in [0.1, 0.15) is 12.0 Å². The van der Waals surface area contributed by atoms with Gasteiger partial charge in [0.15, 0.2) is 5.78 Å². The molecule has 0 fully saturated rings. The Morgan fingerprint density at radius 2 is 1.83 bits per heavy atom. The first-order valence-electron chi connectivity index (χ1n) is 5.34. The van der Waals surface area contributed by atoms with Crippen molar-refractivity contribution in [1.82, 2.24) is 5.32 Å². The average Bonchev–Trinajstić information content (AvgIpc) is 2.29. The molecule has 0 unspecified atom stereocenters. The van der Waals surface area contributed by atoms with E-state index in [1.807, 2.05) is 6.07 Å². The summed E-state index contributed by atoms with van der Waals surface area (Å²) in [5, 5.41) is 2.64. The molecular formula is C12H13F4NO. The molecule has 1 N–H and O–H groups in total. The summed E-state index contributed by atoms with van der Waals surface area (Å²) in [6.07, 6.45) is -5.25. The average molecular weight is 263 g/mol. The van der Waals surface area contributed by atoms with Crippen LogP contribution in [-0.4, -0.2) is 24.7 Å². The van der Waals surface area contributed by atoms with Gasteiger partial charge in [-0.05, 0) is 5.56 Å². The van der Waals surface area contributed by atoms with Crippen LogP contribution in [0.25, 0.3) is 0 Å². The lowest BCUT2D eigenvalue weighted by atomic mass is 10.1. The molecule has 0 aromatic heterocycles. The number of rotatable bonds is 7. The van der Waals surface area contributed by atoms with Crippen molar-refractivity contribution >= 4 is 5.78 Å². The van der Waals surface area contributed by atoms with Crippen molar-refractivity contribution < 1.29 is 22.4 Å². The zero-order chi connectivity index (χ0) is 13.6. The molecule has 0 aliphatic heterocycles. The molecule has 0 saturated heterocycles. The molecule has 0 aliphatic carbocycles. The standard InChI is InChI=1S/C12H13F4NO/c13-11(14)12(15,16)6-10(18)8-17-7-9-4-2-1-3-5-9/h1-5,11,17H,6-8H2. The van der Waals surface area contributed by atoms with Gasteiger partial charge >= 0.3 is 12.3 Å². The second kappa shape index (κ2) is 6.49. The van der Waals surface area contributed by atoms with Crippen LogP contribution < -0.4 is 5.32 Å². The molecule has 6 heteroatoms. The highest BCUT2D eigenvalue weighted by Crippen LogP contribution is 2.26. The zero-order valence-corrected chi connectivity index (χ0v) is 9.51. The maximum Gasteiger partial charge on any atom is 0.314 e. The van der Waals surface area contributed by atoms with Gasteiger partial charge in [0, 0.05) is 6.54 Å². The molecule has 0 heterocycles. The van der Waals surface area contributed by atoms with Crippen LogP contribution in [0.3, 0.4) is 0 Å². The summed E-state index contributed by atoms with van der Waals surface area (Å²) in [4.78, 5) is 11.1. The molecule has 0 aliphatic rings. The number of hydrogen-bond donors (Lipinski definition) is 1. The van der Waals surface area contributed by atoms with E-state index in [1.54, 1.807) is 24.3 Å². The normalized spacial score (nSPS) is 11.8. The predicted octanol–water partition coefficient (Wildman–Crippen LogP) is 2.64. The smallest absolute Gasteiger partial charge is 0.306 e. The lowest BCUT2D eigenvalue weighted by molar-refractivity contribution is -0.149. The molecule has 0 atom stereocenters. The molecule has 2 nitrogen and oxygen atoms in total. The van der Waals surface area contributed by atoms with Gasteiger partial charge in [0.2, 0.25) is 0 Å². The van der Waals surface area contributed by atoms with Crippen LogP contribution in [0.5, 0.6) is 0 Å². The van der Waals surface area contributed by atoms with Crippen molar-refractivity contribution in [2.45, 2.75) is 25.3 Å². The first-order valence-corrected chi connectivity index (χ1v) is 5.34. The van der Waals surface area contributed by atoms with Crippen molar-refractivity contribution in [2.75, 3.05) is 6.54 Å². The van der Waals surface area contributed by atoms with Crippen molar-refractivity contribution in [2.24, 2.45) is 0 Å². The molecule has 0 saturated carbocycles. The molecule has 18 heavy (non-hydrogen) atoms. The van der Waals surface area contributed by atoms with Crippen LogP contribution in [0.2, 0.25) is 0 Å². The molecule has 1 aromatic rings. The van der Waals surface area contributed by atoms with Crippen LogP contribution in [0.4, 0.5) is 17.6 Å². The van der Waals surface area contributed by atoms with E-state index < -0.39 is 24.6 Å². The second-order valence-corrected chi connectivity index (χ2v) is 3.87. The molecular weight excluding hydrogens is 250 g/mol. The minimum Gasteiger partial charge on any atom is -0.306 e. The fourth-order valence-electron chi connectivity index (χ4n) is 1.34. The van der Waals surface area contributed by atoms with Crippen molar-refractivity contribution in [3.63, 3.8) is 0 Å². The number of carbonyl (C=O) groups is 1. The summed E-state index contributed by atoms with van der Waals surface area (Å²) < 4.78 is 48.8. The number of halogens is 4. The summed E-state index contributed by atoms with van der Waals surface area (Å²) in [5.74, 6) is -5.18. The highest BCUT2D eigenvalue weighted by molar-refractivity contribution is 5.81. The number of hydrogen-bond acceptors (Lipinski definition) is 2. The Kier molecular flexibility index (Phi) is 5.27. The summed E-state index contributed by atoms with van der Waals surface area (Å²) in [6, 6.07) is 9.00. The van der Waals surface area contributed by atoms with E-state index in [0.717, 1.165) is 5.56 Å². The summed E-state index contributed by atoms with van der Waals surface area (Å²) >= 11 is 0. The van der Waals surface area contributed by atoms with Crippen molar-refractivity contribution in [1.29, 1.82) is 0 Å². The highest BCUT2D eigenvalue weighted by atomic mass is 19.3. The number of alkyl halides is 4. The maximum atomic E-state index is 12.5. The van der Waals surface area contributed by atoms with Gasteiger partial charge in [0.25, 0.3) is 0 Å². The lowest BCUT2D eigenvalue weighted by Crippen LogP contribution is -2.33. The predicted molar refractivity (Wildman–Crippen MR) is 58.7 cm³/mol. The molecule has 1 aromatic carbocycles. The quantitative estimate of drug-likeness (QED) is 0.766. The summed E-state index contributed by atoms with van der Waals surface area (Å²) in [5.41, 5.74) is 0.880. The van der Waals surface area contributed by atoms with E-state index in [4.69, 9.17) is 0 Å². The van der Waals surface area contributed by atoms with Crippen molar-refractivity contribution in [3.8, 4) is 0 Å². The fourth-order valence-corrected chi connectivity index (χ4v) is 1.34. The Balaban J connectivity index is 2.30. The fraction of sp³-hybridized carbons (Fsp3) is 0.417. The van der Waals surface area contributed by atoms with Crippen molar-refractivity contribution in [3.05, 3.63) is 35.9 Å². The van der Waals surface area contributed by atoms with E-state index >= 15 is 0 Å². The third-order valence-electron chi connectivity index (χ3n) is 2.25. The maximum absolute atomic E-state index is 12.5. The van der Waals surface area contributed by atoms with Crippen LogP contribution in [0, 0.1) is 0 Å². The second-order valence-electron chi connectivity index (χ2n) is 3.87. The van der Waals surface area contributed by atoms with Gasteiger partial charge in [-0.25, -0.2) is 8.78 Å². The Hall–Kier alpha value is -1.43. The Labute approximate surface area is 102 Å². The number of benzene rings is 1. The number of nitrogens with one attached hydrogen (secondary N) is 1. The van der Waals surface area contributed by atoms with Gasteiger partial charge in [0.1, 0.15) is 0 Å². The van der Waals surface area contributed by atoms with Gasteiger partial charge < -0.3 is 5.32 Å². The minimum absolute atomic E-state index is 0.326. The third-order valence-corrected chi connectivity index (χ3v) is 2.25. The molecule has 0 bridgehead atoms. The van der Waals surface area contributed by atoms with E-state index in [0.29, 0.717) is 6.54 Å². The molecule has 0 amide bonds. The SMILES string of the molecule is O=C(CNCc1ccccc1)CC(F)(F)C(F)F. The molecule has 0 radical (unpaired) electrons. The first kappa shape index (κ1) is 14.6. The topological polar surface area (TPSA) is 29.1 Å². The number of carbonyl (C=O) groups excluding carboxylic acids is 1. The Bertz CT molecular complexity index is 381. The van der Waals surface area contributed by atoms with Crippen LogP contribution in [-0.2, 0) is 11.3 Å². The van der Waals surface area contributed by atoms with Gasteiger partial charge in [-0.1, -0.05) is 30.3 Å². The summed E-state index contributed by atoms with van der Waals surface area (Å²) in [6.45, 7) is -0.0238. The van der Waals surface area contributed by atoms with E-state index in [-0.39, 0.29) is 6.54 Å².